The molecule has 5 aromatic rings. The fourth-order valence-electron chi connectivity index (χ4n) is 7.03. The quantitative estimate of drug-likeness (QED) is 0.127. The third-order valence-corrected chi connectivity index (χ3v) is 9.68. The lowest BCUT2D eigenvalue weighted by molar-refractivity contribution is 0.132. The molecule has 0 bridgehead atoms. The van der Waals surface area contributed by atoms with Crippen LogP contribution in [0, 0.1) is 0 Å². The van der Waals surface area contributed by atoms with Crippen molar-refractivity contribution in [2.45, 2.75) is 25.7 Å². The number of aromatic nitrogens is 1. The van der Waals surface area contributed by atoms with Crippen molar-refractivity contribution in [1.29, 1.82) is 0 Å². The van der Waals surface area contributed by atoms with E-state index in [9.17, 15) is 0 Å². The molecular weight excluding hydrogens is 578 g/mol. The summed E-state index contributed by atoms with van der Waals surface area (Å²) in [6.07, 6.45) is 4.47. The molecule has 0 unspecified atom stereocenters. The molecule has 1 N–H and O–H groups in total. The van der Waals surface area contributed by atoms with Gasteiger partial charge in [-0.05, 0) is 98.4 Å². The molecule has 1 fully saturated rings. The number of halogens is 1. The summed E-state index contributed by atoms with van der Waals surface area (Å²) in [5.41, 5.74) is 8.65. The fourth-order valence-corrected chi connectivity index (χ4v) is 7.20. The predicted molar refractivity (Wildman–Crippen MR) is 189 cm³/mol. The molecule has 0 spiro atoms. The highest BCUT2D eigenvalue weighted by atomic mass is 35.5. The van der Waals surface area contributed by atoms with E-state index in [2.05, 4.69) is 80.7 Å². The van der Waals surface area contributed by atoms with Gasteiger partial charge in [0.15, 0.2) is 0 Å². The summed E-state index contributed by atoms with van der Waals surface area (Å²) >= 11 is 6.31. The van der Waals surface area contributed by atoms with Gasteiger partial charge in [0, 0.05) is 66.4 Å². The molecular formula is C38H42ClN5O. The normalized spacial score (nSPS) is 15.6. The van der Waals surface area contributed by atoms with E-state index in [0.29, 0.717) is 5.02 Å². The Bertz CT molecular complexity index is 1740. The van der Waals surface area contributed by atoms with Crippen LogP contribution >= 0.6 is 11.6 Å². The highest BCUT2D eigenvalue weighted by Gasteiger charge is 2.21. The first kappa shape index (κ1) is 29.8. The van der Waals surface area contributed by atoms with Crippen LogP contribution in [0.15, 0.2) is 84.9 Å². The standard InChI is InChI=1S/C38H42ClN5O/c1-45-31-15-17-34-33(27-31)38(32-16-14-30(39)26-35(32)41-34)40-18-6-19-42-22-24-43(25-23-42)20-7-21-44-36-10-4-2-8-28(36)12-13-29-9-3-5-11-37(29)44/h2-5,8-11,14-17,26-27H,6-7,12-13,18-25H2,1H3,(H,40,41). The first-order valence-electron chi connectivity index (χ1n) is 16.4. The van der Waals surface area contributed by atoms with Crippen LogP contribution in [-0.4, -0.2) is 74.3 Å². The largest absolute Gasteiger partial charge is 0.497 e. The molecule has 6 nitrogen and oxygen atoms in total. The minimum absolute atomic E-state index is 0.700. The molecule has 0 atom stereocenters. The number of benzene rings is 4. The van der Waals surface area contributed by atoms with Crippen LogP contribution in [0.2, 0.25) is 5.02 Å². The van der Waals surface area contributed by atoms with Crippen LogP contribution in [0.3, 0.4) is 0 Å². The second-order valence-electron chi connectivity index (χ2n) is 12.3. The Kier molecular flexibility index (Phi) is 9.06. The molecule has 2 aliphatic rings. The van der Waals surface area contributed by atoms with Crippen molar-refractivity contribution in [3.8, 4) is 5.75 Å². The van der Waals surface area contributed by atoms with Crippen molar-refractivity contribution in [3.63, 3.8) is 0 Å². The number of ether oxygens (including phenoxy) is 1. The lowest BCUT2D eigenvalue weighted by atomic mass is 10.0. The number of methoxy groups -OCH3 is 1. The van der Waals surface area contributed by atoms with Crippen molar-refractivity contribution in [2.75, 3.05) is 69.7 Å². The summed E-state index contributed by atoms with van der Waals surface area (Å²) < 4.78 is 5.52. The number of rotatable bonds is 10. The maximum absolute atomic E-state index is 6.31. The Hall–Kier alpha value is -3.84. The Morgan fingerprint density at radius 3 is 2.07 bits per heavy atom. The van der Waals surface area contributed by atoms with Gasteiger partial charge in [0.2, 0.25) is 0 Å². The van der Waals surface area contributed by atoms with Crippen LogP contribution in [0.4, 0.5) is 17.1 Å². The number of pyridine rings is 1. The van der Waals surface area contributed by atoms with Gasteiger partial charge >= 0.3 is 0 Å². The molecule has 0 amide bonds. The van der Waals surface area contributed by atoms with E-state index in [-0.39, 0.29) is 0 Å². The molecule has 3 heterocycles. The van der Waals surface area contributed by atoms with Crippen molar-refractivity contribution in [2.24, 2.45) is 0 Å². The lowest BCUT2D eigenvalue weighted by Crippen LogP contribution is -2.47. The van der Waals surface area contributed by atoms with E-state index in [0.717, 1.165) is 111 Å². The van der Waals surface area contributed by atoms with Gasteiger partial charge in [0.05, 0.1) is 23.8 Å². The predicted octanol–water partition coefficient (Wildman–Crippen LogP) is 7.80. The minimum Gasteiger partial charge on any atom is -0.497 e. The molecule has 0 radical (unpaired) electrons. The average Bonchev–Trinajstić information content (AvgIpc) is 3.23. The first-order chi connectivity index (χ1) is 22.2. The molecule has 0 aliphatic carbocycles. The lowest BCUT2D eigenvalue weighted by Gasteiger charge is -2.35. The Morgan fingerprint density at radius 1 is 0.711 bits per heavy atom. The highest BCUT2D eigenvalue weighted by Crippen LogP contribution is 2.36. The zero-order valence-electron chi connectivity index (χ0n) is 26.1. The number of nitrogens with zero attached hydrogens (tertiary/aromatic N) is 4. The van der Waals surface area contributed by atoms with Crippen molar-refractivity contribution in [1.82, 2.24) is 14.8 Å². The molecule has 4 aromatic carbocycles. The van der Waals surface area contributed by atoms with E-state index in [1.54, 1.807) is 7.11 Å². The van der Waals surface area contributed by atoms with E-state index in [1.165, 1.54) is 22.5 Å². The summed E-state index contributed by atoms with van der Waals surface area (Å²) in [6, 6.07) is 29.9. The van der Waals surface area contributed by atoms with Crippen LogP contribution < -0.4 is 15.0 Å². The van der Waals surface area contributed by atoms with Crippen molar-refractivity contribution < 1.29 is 4.74 Å². The molecule has 7 rings (SSSR count). The number of piperazine rings is 1. The molecule has 45 heavy (non-hydrogen) atoms. The highest BCUT2D eigenvalue weighted by molar-refractivity contribution is 6.31. The third-order valence-electron chi connectivity index (χ3n) is 9.45. The zero-order valence-corrected chi connectivity index (χ0v) is 26.9. The fraction of sp³-hybridized carbons (Fsp3) is 0.342. The Balaban J connectivity index is 0.911. The average molecular weight is 620 g/mol. The van der Waals surface area contributed by atoms with Gasteiger partial charge in [-0.1, -0.05) is 48.0 Å². The maximum Gasteiger partial charge on any atom is 0.119 e. The van der Waals surface area contributed by atoms with Gasteiger partial charge in [0.1, 0.15) is 5.75 Å². The summed E-state index contributed by atoms with van der Waals surface area (Å²) in [4.78, 5) is 12.7. The smallest absolute Gasteiger partial charge is 0.119 e. The molecule has 1 saturated heterocycles. The molecule has 7 heteroatoms. The number of hydrogen-bond acceptors (Lipinski definition) is 6. The third kappa shape index (κ3) is 6.60. The van der Waals surface area contributed by atoms with Gasteiger partial charge in [-0.3, -0.25) is 0 Å². The number of hydrogen-bond donors (Lipinski definition) is 1. The van der Waals surface area contributed by atoms with Crippen molar-refractivity contribution >= 4 is 50.5 Å². The van der Waals surface area contributed by atoms with E-state index < -0.39 is 0 Å². The van der Waals surface area contributed by atoms with Crippen LogP contribution in [0.25, 0.3) is 21.8 Å². The van der Waals surface area contributed by atoms with Gasteiger partial charge in [-0.25, -0.2) is 4.98 Å². The van der Waals surface area contributed by atoms with E-state index in [1.807, 2.05) is 24.3 Å². The van der Waals surface area contributed by atoms with Gasteiger partial charge < -0.3 is 24.8 Å². The number of para-hydroxylation sites is 2. The number of aryl methyl sites for hydroxylation is 2. The molecule has 0 saturated carbocycles. The SMILES string of the molecule is COc1ccc2nc3cc(Cl)ccc3c(NCCCN3CCN(CCCN4c5ccccc5CCc5ccccc54)CC3)c2c1. The maximum atomic E-state index is 6.31. The minimum atomic E-state index is 0.700. The van der Waals surface area contributed by atoms with Gasteiger partial charge in [-0.15, -0.1) is 0 Å². The first-order valence-corrected chi connectivity index (χ1v) is 16.7. The summed E-state index contributed by atoms with van der Waals surface area (Å²) in [5, 5.41) is 6.60. The number of fused-ring (bicyclic) bond motifs is 4. The summed E-state index contributed by atoms with van der Waals surface area (Å²) in [5.74, 6) is 0.833. The summed E-state index contributed by atoms with van der Waals surface area (Å²) in [7, 11) is 1.70. The molecule has 1 aromatic heterocycles. The van der Waals surface area contributed by atoms with Gasteiger partial charge in [0.25, 0.3) is 0 Å². The molecule has 232 valence electrons. The number of anilines is 3. The van der Waals surface area contributed by atoms with Gasteiger partial charge in [-0.2, -0.15) is 0 Å². The van der Waals surface area contributed by atoms with E-state index >= 15 is 0 Å². The Labute approximate surface area is 271 Å². The van der Waals surface area contributed by atoms with Crippen LogP contribution in [0.5, 0.6) is 5.75 Å². The van der Waals surface area contributed by atoms with Crippen LogP contribution in [-0.2, 0) is 12.8 Å². The van der Waals surface area contributed by atoms with E-state index in [4.69, 9.17) is 21.3 Å². The second-order valence-corrected chi connectivity index (χ2v) is 12.7. The zero-order chi connectivity index (χ0) is 30.6. The topological polar surface area (TPSA) is 43.9 Å². The molecule has 2 aliphatic heterocycles. The number of nitrogens with one attached hydrogen (secondary N) is 1. The van der Waals surface area contributed by atoms with Crippen LogP contribution in [0.1, 0.15) is 24.0 Å². The monoisotopic (exact) mass is 619 g/mol. The Morgan fingerprint density at radius 2 is 1.38 bits per heavy atom. The van der Waals surface area contributed by atoms with Crippen molar-refractivity contribution in [3.05, 3.63) is 101 Å². The second kappa shape index (κ2) is 13.7. The summed E-state index contributed by atoms with van der Waals surface area (Å²) in [6.45, 7) is 8.73.